The number of methoxy groups -OCH3 is 1. The second kappa shape index (κ2) is 5.69. The van der Waals surface area contributed by atoms with Gasteiger partial charge in [0.1, 0.15) is 0 Å². The Morgan fingerprint density at radius 1 is 1.43 bits per heavy atom. The normalized spacial score (nSPS) is 29.8. The number of hydrogen-bond donors (Lipinski definition) is 2. The minimum absolute atomic E-state index is 0.159. The van der Waals surface area contributed by atoms with Crippen molar-refractivity contribution < 1.29 is 9.84 Å². The Kier molecular flexibility index (Phi) is 4.85. The van der Waals surface area contributed by atoms with E-state index in [1.54, 1.807) is 7.11 Å². The topological polar surface area (TPSA) is 41.5 Å². The number of aliphatic hydroxyl groups is 1. The Morgan fingerprint density at radius 2 is 2.14 bits per heavy atom. The summed E-state index contributed by atoms with van der Waals surface area (Å²) in [5, 5.41) is 13.2. The molecule has 1 unspecified atom stereocenters. The summed E-state index contributed by atoms with van der Waals surface area (Å²) in [6, 6.07) is 0.635. The molecule has 0 aromatic carbocycles. The molecule has 1 saturated carbocycles. The molecule has 0 aromatic rings. The van der Waals surface area contributed by atoms with E-state index >= 15 is 0 Å². The van der Waals surface area contributed by atoms with Crippen LogP contribution in [0.5, 0.6) is 0 Å². The third-order valence-electron chi connectivity index (χ3n) is 3.06. The highest BCUT2D eigenvalue weighted by Gasteiger charge is 2.27. The first-order chi connectivity index (χ1) is 6.65. The molecule has 0 heterocycles. The van der Waals surface area contributed by atoms with Crippen LogP contribution in [0.2, 0.25) is 0 Å². The quantitative estimate of drug-likeness (QED) is 0.701. The van der Waals surface area contributed by atoms with E-state index in [1.807, 2.05) is 0 Å². The van der Waals surface area contributed by atoms with Crippen LogP contribution in [0.15, 0.2) is 0 Å². The standard InChI is InChI=1S/C11H23NO2/c1-8(2)10(7-14-3)12-9-5-4-6-11(9)13/h8-13H,4-7H2,1-3H3/t9-,10?,11-/m0/s1. The molecule has 0 aliphatic heterocycles. The highest BCUT2D eigenvalue weighted by atomic mass is 16.5. The van der Waals surface area contributed by atoms with E-state index in [-0.39, 0.29) is 12.1 Å². The average molecular weight is 201 g/mol. The fraction of sp³-hybridized carbons (Fsp3) is 1.00. The fourth-order valence-corrected chi connectivity index (χ4v) is 2.02. The SMILES string of the molecule is COCC(N[C@H]1CCC[C@@H]1O)C(C)C. The summed E-state index contributed by atoms with van der Waals surface area (Å²) in [4.78, 5) is 0. The smallest absolute Gasteiger partial charge is 0.0693 e. The summed E-state index contributed by atoms with van der Waals surface area (Å²) >= 11 is 0. The molecule has 0 aromatic heterocycles. The van der Waals surface area contributed by atoms with Crippen molar-refractivity contribution in [3.05, 3.63) is 0 Å². The molecular weight excluding hydrogens is 178 g/mol. The minimum atomic E-state index is -0.159. The first-order valence-corrected chi connectivity index (χ1v) is 5.58. The lowest BCUT2D eigenvalue weighted by molar-refractivity contribution is 0.105. The molecule has 1 fully saturated rings. The molecule has 0 radical (unpaired) electrons. The van der Waals surface area contributed by atoms with Gasteiger partial charge in [-0.25, -0.2) is 0 Å². The molecule has 3 atom stereocenters. The zero-order valence-electron chi connectivity index (χ0n) is 9.49. The molecule has 14 heavy (non-hydrogen) atoms. The second-order valence-electron chi connectivity index (χ2n) is 4.58. The minimum Gasteiger partial charge on any atom is -0.392 e. The number of rotatable bonds is 5. The van der Waals surface area contributed by atoms with E-state index in [2.05, 4.69) is 19.2 Å². The van der Waals surface area contributed by atoms with Crippen molar-refractivity contribution in [2.24, 2.45) is 5.92 Å². The summed E-state index contributed by atoms with van der Waals surface area (Å²) in [5.41, 5.74) is 0. The largest absolute Gasteiger partial charge is 0.392 e. The van der Waals surface area contributed by atoms with Gasteiger partial charge in [-0.2, -0.15) is 0 Å². The molecular formula is C11H23NO2. The molecule has 1 rings (SSSR count). The zero-order valence-corrected chi connectivity index (χ0v) is 9.49. The molecule has 84 valence electrons. The van der Waals surface area contributed by atoms with Gasteiger partial charge in [0.05, 0.1) is 12.7 Å². The molecule has 1 aliphatic rings. The van der Waals surface area contributed by atoms with E-state index in [0.717, 1.165) is 25.9 Å². The van der Waals surface area contributed by atoms with Gasteiger partial charge in [0.25, 0.3) is 0 Å². The number of hydrogen-bond acceptors (Lipinski definition) is 3. The van der Waals surface area contributed by atoms with Gasteiger partial charge in [0.2, 0.25) is 0 Å². The summed E-state index contributed by atoms with van der Waals surface area (Å²) in [5.74, 6) is 0.544. The fourth-order valence-electron chi connectivity index (χ4n) is 2.02. The molecule has 0 spiro atoms. The molecule has 0 amide bonds. The lowest BCUT2D eigenvalue weighted by atomic mass is 10.0. The number of nitrogens with one attached hydrogen (secondary N) is 1. The van der Waals surface area contributed by atoms with E-state index in [1.165, 1.54) is 0 Å². The van der Waals surface area contributed by atoms with Crippen molar-refractivity contribution in [3.63, 3.8) is 0 Å². The Balaban J connectivity index is 2.37. The van der Waals surface area contributed by atoms with Crippen LogP contribution >= 0.6 is 0 Å². The van der Waals surface area contributed by atoms with Crippen LogP contribution in [0.4, 0.5) is 0 Å². The molecule has 3 nitrogen and oxygen atoms in total. The van der Waals surface area contributed by atoms with Crippen LogP contribution in [-0.4, -0.2) is 37.0 Å². The van der Waals surface area contributed by atoms with Gasteiger partial charge >= 0.3 is 0 Å². The third kappa shape index (κ3) is 3.23. The Bertz CT molecular complexity index is 161. The van der Waals surface area contributed by atoms with Crippen LogP contribution < -0.4 is 5.32 Å². The molecule has 3 heteroatoms. The Morgan fingerprint density at radius 3 is 2.57 bits per heavy atom. The zero-order chi connectivity index (χ0) is 10.6. The van der Waals surface area contributed by atoms with Gasteiger partial charge in [-0.1, -0.05) is 13.8 Å². The predicted molar refractivity (Wildman–Crippen MR) is 57.3 cm³/mol. The first kappa shape index (κ1) is 12.0. The van der Waals surface area contributed by atoms with Crippen molar-refractivity contribution in [2.75, 3.05) is 13.7 Å². The van der Waals surface area contributed by atoms with Gasteiger partial charge in [-0.05, 0) is 25.2 Å². The van der Waals surface area contributed by atoms with Crippen molar-refractivity contribution >= 4 is 0 Å². The molecule has 2 N–H and O–H groups in total. The number of ether oxygens (including phenoxy) is 1. The van der Waals surface area contributed by atoms with Crippen LogP contribution in [-0.2, 0) is 4.74 Å². The average Bonchev–Trinajstić information content (AvgIpc) is 2.51. The number of aliphatic hydroxyl groups excluding tert-OH is 1. The van der Waals surface area contributed by atoms with E-state index in [4.69, 9.17) is 4.74 Å². The van der Waals surface area contributed by atoms with E-state index < -0.39 is 0 Å². The van der Waals surface area contributed by atoms with Crippen molar-refractivity contribution in [2.45, 2.75) is 51.3 Å². The first-order valence-electron chi connectivity index (χ1n) is 5.58. The molecule has 0 saturated heterocycles. The molecule has 0 bridgehead atoms. The predicted octanol–water partition coefficient (Wildman–Crippen LogP) is 1.16. The van der Waals surface area contributed by atoms with E-state index in [9.17, 15) is 5.11 Å². The maximum atomic E-state index is 9.68. The van der Waals surface area contributed by atoms with Gasteiger partial charge in [0.15, 0.2) is 0 Å². The summed E-state index contributed by atoms with van der Waals surface area (Å²) in [7, 11) is 1.72. The van der Waals surface area contributed by atoms with Crippen molar-refractivity contribution in [1.82, 2.24) is 5.32 Å². The maximum absolute atomic E-state index is 9.68. The van der Waals surface area contributed by atoms with Gasteiger partial charge in [-0.15, -0.1) is 0 Å². The van der Waals surface area contributed by atoms with Crippen molar-refractivity contribution in [3.8, 4) is 0 Å². The second-order valence-corrected chi connectivity index (χ2v) is 4.58. The van der Waals surface area contributed by atoms with Crippen molar-refractivity contribution in [1.29, 1.82) is 0 Å². The Hall–Kier alpha value is -0.120. The molecule has 1 aliphatic carbocycles. The van der Waals surface area contributed by atoms with Gasteiger partial charge < -0.3 is 15.2 Å². The maximum Gasteiger partial charge on any atom is 0.0693 e. The third-order valence-corrected chi connectivity index (χ3v) is 3.06. The highest BCUT2D eigenvalue weighted by molar-refractivity contribution is 4.86. The lowest BCUT2D eigenvalue weighted by Crippen LogP contribution is -2.47. The lowest BCUT2D eigenvalue weighted by Gasteiger charge is -2.27. The van der Waals surface area contributed by atoms with Crippen LogP contribution in [0.1, 0.15) is 33.1 Å². The summed E-state index contributed by atoms with van der Waals surface area (Å²) in [6.45, 7) is 5.08. The Labute approximate surface area is 86.8 Å². The monoisotopic (exact) mass is 201 g/mol. The van der Waals surface area contributed by atoms with Crippen LogP contribution in [0.25, 0.3) is 0 Å². The highest BCUT2D eigenvalue weighted by Crippen LogP contribution is 2.20. The summed E-state index contributed by atoms with van der Waals surface area (Å²) in [6.07, 6.45) is 3.01. The summed E-state index contributed by atoms with van der Waals surface area (Å²) < 4.78 is 5.17. The van der Waals surface area contributed by atoms with Gasteiger partial charge in [-0.3, -0.25) is 0 Å². The van der Waals surface area contributed by atoms with Crippen LogP contribution in [0.3, 0.4) is 0 Å². The van der Waals surface area contributed by atoms with E-state index in [0.29, 0.717) is 12.0 Å². The van der Waals surface area contributed by atoms with Gasteiger partial charge in [0, 0.05) is 19.2 Å². The van der Waals surface area contributed by atoms with Crippen LogP contribution in [0, 0.1) is 5.92 Å².